The van der Waals surface area contributed by atoms with Crippen molar-refractivity contribution >= 4 is 44.8 Å². The van der Waals surface area contributed by atoms with E-state index in [4.69, 9.17) is 11.5 Å². The smallest absolute Gasteiger partial charge is 0.271 e. The molecule has 3 heterocycles. The number of carbonyl (C=O) groups excluding carboxylic acids is 1. The van der Waals surface area contributed by atoms with Gasteiger partial charge in [-0.15, -0.1) is 11.3 Å². The minimum absolute atomic E-state index is 0.0583. The molecule has 1 aliphatic carbocycles. The lowest BCUT2D eigenvalue weighted by atomic mass is 9.87. The first-order chi connectivity index (χ1) is 13.8. The molecular weight excluding hydrogens is 400 g/mol. The van der Waals surface area contributed by atoms with Gasteiger partial charge in [-0.1, -0.05) is 0 Å². The third kappa shape index (κ3) is 3.83. The van der Waals surface area contributed by atoms with Crippen LogP contribution >= 0.6 is 11.3 Å². The van der Waals surface area contributed by atoms with Crippen LogP contribution in [-0.4, -0.2) is 38.9 Å². The summed E-state index contributed by atoms with van der Waals surface area (Å²) in [5, 5.41) is 8.67. The molecule has 1 fully saturated rings. The molecular formula is C18H19F2N7OS. The maximum absolute atomic E-state index is 13.9. The Hall–Kier alpha value is -2.92. The van der Waals surface area contributed by atoms with Crippen molar-refractivity contribution in [1.82, 2.24) is 15.0 Å². The summed E-state index contributed by atoms with van der Waals surface area (Å²) < 4.78 is 27.8. The van der Waals surface area contributed by atoms with Gasteiger partial charge in [0, 0.05) is 29.4 Å². The first-order valence-corrected chi connectivity index (χ1v) is 9.89. The molecule has 0 bridgehead atoms. The highest BCUT2D eigenvalue weighted by molar-refractivity contribution is 7.17. The zero-order valence-electron chi connectivity index (χ0n) is 15.2. The number of nitrogens with zero attached hydrogens (tertiary/aromatic N) is 3. The summed E-state index contributed by atoms with van der Waals surface area (Å²) in [4.78, 5) is 25.3. The summed E-state index contributed by atoms with van der Waals surface area (Å²) in [5.74, 6) is -3.35. The Kier molecular flexibility index (Phi) is 5.01. The second kappa shape index (κ2) is 7.48. The maximum Gasteiger partial charge on any atom is 0.271 e. The van der Waals surface area contributed by atoms with Crippen LogP contribution in [0.15, 0.2) is 29.9 Å². The average Bonchev–Trinajstić information content (AvgIpc) is 3.08. The van der Waals surface area contributed by atoms with Gasteiger partial charge >= 0.3 is 0 Å². The third-order valence-corrected chi connectivity index (χ3v) is 5.79. The van der Waals surface area contributed by atoms with E-state index in [9.17, 15) is 13.6 Å². The molecule has 29 heavy (non-hydrogen) atoms. The van der Waals surface area contributed by atoms with Gasteiger partial charge in [0.15, 0.2) is 11.5 Å². The van der Waals surface area contributed by atoms with Gasteiger partial charge in [-0.05, 0) is 25.0 Å². The minimum Gasteiger partial charge on any atom is -0.364 e. The van der Waals surface area contributed by atoms with Crippen molar-refractivity contribution in [3.05, 3.63) is 35.6 Å². The van der Waals surface area contributed by atoms with Crippen LogP contribution in [0.3, 0.4) is 0 Å². The average molecular weight is 419 g/mol. The van der Waals surface area contributed by atoms with Crippen molar-refractivity contribution in [2.75, 3.05) is 10.6 Å². The second-order valence-corrected chi connectivity index (χ2v) is 7.74. The normalized spacial score (nSPS) is 21.1. The van der Waals surface area contributed by atoms with E-state index >= 15 is 0 Å². The number of amides is 1. The highest BCUT2D eigenvalue weighted by Gasteiger charge is 2.44. The lowest BCUT2D eigenvalue weighted by Crippen LogP contribution is -2.55. The Bertz CT molecular complexity index is 1060. The summed E-state index contributed by atoms with van der Waals surface area (Å²) in [5.41, 5.74) is 11.8. The quantitative estimate of drug-likeness (QED) is 0.500. The molecule has 1 saturated carbocycles. The molecule has 0 radical (unpaired) electrons. The monoisotopic (exact) mass is 419 g/mol. The Morgan fingerprint density at radius 2 is 2.17 bits per heavy atom. The van der Waals surface area contributed by atoms with E-state index in [0.29, 0.717) is 18.5 Å². The number of rotatable bonds is 5. The number of alkyl halides is 2. The van der Waals surface area contributed by atoms with E-state index in [1.165, 1.54) is 17.5 Å². The number of nitrogens with one attached hydrogen (secondary N) is 2. The predicted molar refractivity (Wildman–Crippen MR) is 108 cm³/mol. The van der Waals surface area contributed by atoms with Gasteiger partial charge in [-0.25, -0.2) is 23.7 Å². The second-order valence-electron chi connectivity index (χ2n) is 6.88. The molecule has 0 unspecified atom stereocenters. The number of primary amides is 1. The number of hydrogen-bond donors (Lipinski definition) is 4. The number of pyridine rings is 1. The van der Waals surface area contributed by atoms with E-state index in [1.807, 2.05) is 11.4 Å². The molecule has 0 aromatic carbocycles. The van der Waals surface area contributed by atoms with Crippen molar-refractivity contribution in [2.45, 2.75) is 37.3 Å². The Labute approximate surface area is 168 Å². The van der Waals surface area contributed by atoms with Gasteiger partial charge in [-0.3, -0.25) is 4.79 Å². The molecule has 8 nitrogen and oxygen atoms in total. The van der Waals surface area contributed by atoms with E-state index in [1.54, 1.807) is 12.3 Å². The Morgan fingerprint density at radius 1 is 1.34 bits per heavy atom. The highest BCUT2D eigenvalue weighted by Crippen LogP contribution is 2.34. The number of aromatic nitrogens is 3. The molecule has 0 aliphatic heterocycles. The number of halogens is 2. The molecule has 2 atom stereocenters. The van der Waals surface area contributed by atoms with Gasteiger partial charge in [0.1, 0.15) is 10.6 Å². The standard InChI is InChI=1S/C18H19F2N7OS/c19-18(20)5-1-4-10(14(18)21)25-12-7-24-13(15(22)28)16(27-12)26-11-8-29-17-9(11)3-2-6-23-17/h2-3,6-8,10,14H,1,4-5,21H2,(H2,22,28)(H2,25,26,27)/t10-,14-/m1/s1. The van der Waals surface area contributed by atoms with Crippen molar-refractivity contribution in [2.24, 2.45) is 11.5 Å². The number of carbonyl (C=O) groups is 1. The number of nitrogens with two attached hydrogens (primary N) is 2. The van der Waals surface area contributed by atoms with E-state index in [0.717, 1.165) is 10.2 Å². The van der Waals surface area contributed by atoms with E-state index in [-0.39, 0.29) is 23.8 Å². The predicted octanol–water partition coefficient (Wildman–Crippen LogP) is 2.86. The fourth-order valence-corrected chi connectivity index (χ4v) is 4.21. The van der Waals surface area contributed by atoms with Gasteiger partial charge < -0.3 is 22.1 Å². The molecule has 11 heteroatoms. The topological polar surface area (TPSA) is 132 Å². The number of thiophene rings is 1. The summed E-state index contributed by atoms with van der Waals surface area (Å²) >= 11 is 1.43. The van der Waals surface area contributed by atoms with Crippen molar-refractivity contribution in [3.63, 3.8) is 0 Å². The third-order valence-electron chi connectivity index (χ3n) is 4.89. The van der Waals surface area contributed by atoms with Crippen LogP contribution in [0.5, 0.6) is 0 Å². The molecule has 3 aromatic heterocycles. The van der Waals surface area contributed by atoms with Gasteiger partial charge in [0.25, 0.3) is 11.8 Å². The summed E-state index contributed by atoms with van der Waals surface area (Å²) in [6, 6.07) is 1.68. The zero-order chi connectivity index (χ0) is 20.6. The minimum atomic E-state index is -2.94. The number of fused-ring (bicyclic) bond motifs is 1. The Morgan fingerprint density at radius 3 is 2.97 bits per heavy atom. The van der Waals surface area contributed by atoms with Crippen LogP contribution in [0.2, 0.25) is 0 Å². The van der Waals surface area contributed by atoms with Crippen molar-refractivity contribution < 1.29 is 13.6 Å². The molecule has 3 aromatic rings. The summed E-state index contributed by atoms with van der Waals surface area (Å²) in [7, 11) is 0. The molecule has 0 saturated heterocycles. The highest BCUT2D eigenvalue weighted by atomic mass is 32.1. The van der Waals surface area contributed by atoms with Crippen LogP contribution in [-0.2, 0) is 0 Å². The van der Waals surface area contributed by atoms with E-state index < -0.39 is 23.9 Å². The summed E-state index contributed by atoms with van der Waals surface area (Å²) in [6.07, 6.45) is 3.58. The largest absolute Gasteiger partial charge is 0.364 e. The van der Waals surface area contributed by atoms with Crippen molar-refractivity contribution in [1.29, 1.82) is 0 Å². The molecule has 0 spiro atoms. The van der Waals surface area contributed by atoms with Gasteiger partial charge in [0.05, 0.1) is 17.9 Å². The van der Waals surface area contributed by atoms with E-state index in [2.05, 4.69) is 25.6 Å². The van der Waals surface area contributed by atoms with Gasteiger partial charge in [-0.2, -0.15) is 0 Å². The first kappa shape index (κ1) is 19.4. The lowest BCUT2D eigenvalue weighted by Gasteiger charge is -2.36. The van der Waals surface area contributed by atoms with Crippen LogP contribution in [0.4, 0.5) is 26.1 Å². The molecule has 1 amide bonds. The molecule has 1 aliphatic rings. The fraction of sp³-hybridized carbons (Fsp3) is 0.333. The molecule has 4 rings (SSSR count). The van der Waals surface area contributed by atoms with Crippen LogP contribution in [0, 0.1) is 0 Å². The maximum atomic E-state index is 13.9. The zero-order valence-corrected chi connectivity index (χ0v) is 16.0. The molecule has 152 valence electrons. The van der Waals surface area contributed by atoms with Gasteiger partial charge in [0.2, 0.25) is 0 Å². The SMILES string of the molecule is NC(=O)c1ncc(N[C@@H]2CCCC(F)(F)[C@@H]2N)nc1Nc1csc2ncccc12. The fourth-order valence-electron chi connectivity index (χ4n) is 3.37. The Balaban J connectivity index is 1.63. The van der Waals surface area contributed by atoms with Crippen LogP contribution in [0.25, 0.3) is 10.2 Å². The number of anilines is 3. The van der Waals surface area contributed by atoms with Crippen LogP contribution in [0.1, 0.15) is 29.8 Å². The number of hydrogen-bond acceptors (Lipinski definition) is 8. The van der Waals surface area contributed by atoms with Crippen molar-refractivity contribution in [3.8, 4) is 0 Å². The first-order valence-electron chi connectivity index (χ1n) is 9.01. The summed E-state index contributed by atoms with van der Waals surface area (Å²) in [6.45, 7) is 0. The lowest BCUT2D eigenvalue weighted by molar-refractivity contribution is -0.0554. The molecule has 6 N–H and O–H groups in total. The van der Waals surface area contributed by atoms with Crippen LogP contribution < -0.4 is 22.1 Å².